The number of anilines is 1. The van der Waals surface area contributed by atoms with E-state index in [1.165, 1.54) is 23.5 Å². The first-order valence-electron chi connectivity index (χ1n) is 5.48. The molecule has 0 atom stereocenters. The van der Waals surface area contributed by atoms with Crippen LogP contribution in [0.4, 0.5) is 5.69 Å². The Bertz CT molecular complexity index is 699. The second-order valence-corrected chi connectivity index (χ2v) is 6.13. The highest BCUT2D eigenvalue weighted by molar-refractivity contribution is 9.10. The molecular formula is C13H9BrClNO3S. The van der Waals surface area contributed by atoms with E-state index in [0.29, 0.717) is 20.1 Å². The van der Waals surface area contributed by atoms with Gasteiger partial charge in [-0.3, -0.25) is 4.79 Å². The Morgan fingerprint density at radius 1 is 1.40 bits per heavy atom. The van der Waals surface area contributed by atoms with Crippen LogP contribution in [0.3, 0.4) is 0 Å². The fourth-order valence-corrected chi connectivity index (χ4v) is 3.04. The smallest absolute Gasteiger partial charge is 0.335 e. The second-order valence-electron chi connectivity index (χ2n) is 4.02. The first-order chi connectivity index (χ1) is 9.40. The lowest BCUT2D eigenvalue weighted by Gasteiger charge is -2.07. The largest absolute Gasteiger partial charge is 0.478 e. The first-order valence-corrected chi connectivity index (χ1v) is 7.53. The van der Waals surface area contributed by atoms with E-state index in [9.17, 15) is 9.59 Å². The number of carboxylic acids is 1. The van der Waals surface area contributed by atoms with Crippen LogP contribution >= 0.6 is 38.9 Å². The number of hydrogen-bond acceptors (Lipinski definition) is 3. The molecule has 0 bridgehead atoms. The number of hydrogen-bond donors (Lipinski definition) is 2. The lowest BCUT2D eigenvalue weighted by atomic mass is 10.2. The minimum Gasteiger partial charge on any atom is -0.478 e. The molecular weight excluding hydrogens is 366 g/mol. The Morgan fingerprint density at radius 3 is 2.65 bits per heavy atom. The van der Waals surface area contributed by atoms with Gasteiger partial charge < -0.3 is 10.4 Å². The number of carbonyl (C=O) groups excluding carboxylic acids is 1. The fourth-order valence-electron chi connectivity index (χ4n) is 1.52. The zero-order valence-electron chi connectivity index (χ0n) is 10.2. The molecule has 0 saturated heterocycles. The summed E-state index contributed by atoms with van der Waals surface area (Å²) >= 11 is 10.5. The predicted molar refractivity (Wildman–Crippen MR) is 83.1 cm³/mol. The van der Waals surface area contributed by atoms with E-state index in [2.05, 4.69) is 21.2 Å². The van der Waals surface area contributed by atoms with Crippen molar-refractivity contribution in [1.82, 2.24) is 0 Å². The van der Waals surface area contributed by atoms with Crippen molar-refractivity contribution in [3.8, 4) is 0 Å². The Balaban J connectivity index is 2.30. The monoisotopic (exact) mass is 373 g/mol. The minimum atomic E-state index is -1.06. The number of benzene rings is 1. The highest BCUT2D eigenvalue weighted by atomic mass is 79.9. The maximum Gasteiger partial charge on any atom is 0.335 e. The van der Waals surface area contributed by atoms with Gasteiger partial charge in [0.1, 0.15) is 4.88 Å². The molecule has 0 aliphatic heterocycles. The lowest BCUT2D eigenvalue weighted by molar-refractivity contribution is 0.0696. The molecule has 0 unspecified atom stereocenters. The van der Waals surface area contributed by atoms with Crippen LogP contribution in [0.1, 0.15) is 25.6 Å². The van der Waals surface area contributed by atoms with Crippen molar-refractivity contribution in [3.05, 3.63) is 49.1 Å². The molecule has 0 fully saturated rings. The van der Waals surface area contributed by atoms with Gasteiger partial charge in [-0.15, -0.1) is 11.3 Å². The summed E-state index contributed by atoms with van der Waals surface area (Å²) in [4.78, 5) is 23.5. The molecule has 0 aliphatic rings. The number of carboxylic acid groups (broad SMARTS) is 1. The first kappa shape index (κ1) is 15.0. The molecule has 0 spiro atoms. The second kappa shape index (κ2) is 5.95. The van der Waals surface area contributed by atoms with Crippen molar-refractivity contribution < 1.29 is 14.7 Å². The highest BCUT2D eigenvalue weighted by Crippen LogP contribution is 2.29. The van der Waals surface area contributed by atoms with Crippen molar-refractivity contribution in [3.63, 3.8) is 0 Å². The van der Waals surface area contributed by atoms with Crippen LogP contribution in [0.5, 0.6) is 0 Å². The zero-order chi connectivity index (χ0) is 14.9. The van der Waals surface area contributed by atoms with Crippen LogP contribution in [-0.4, -0.2) is 17.0 Å². The van der Waals surface area contributed by atoms with E-state index < -0.39 is 5.97 Å². The predicted octanol–water partition coefficient (Wildman–Crippen LogP) is 4.42. The molecule has 4 nitrogen and oxygen atoms in total. The maximum atomic E-state index is 12.1. The molecule has 1 aromatic heterocycles. The van der Waals surface area contributed by atoms with Gasteiger partial charge in [-0.2, -0.15) is 0 Å². The summed E-state index contributed by atoms with van der Waals surface area (Å²) in [7, 11) is 0. The van der Waals surface area contributed by atoms with Crippen LogP contribution in [0, 0.1) is 6.92 Å². The molecule has 2 N–H and O–H groups in total. The lowest BCUT2D eigenvalue weighted by Crippen LogP contribution is -2.12. The summed E-state index contributed by atoms with van der Waals surface area (Å²) in [6.45, 7) is 1.82. The maximum absolute atomic E-state index is 12.1. The molecule has 0 saturated carbocycles. The normalized spacial score (nSPS) is 10.3. The van der Waals surface area contributed by atoms with E-state index >= 15 is 0 Å². The molecule has 1 amide bonds. The summed E-state index contributed by atoms with van der Waals surface area (Å²) in [6.07, 6.45) is 0. The van der Waals surface area contributed by atoms with Crippen LogP contribution < -0.4 is 5.32 Å². The Kier molecular flexibility index (Phi) is 4.47. The van der Waals surface area contributed by atoms with Crippen LogP contribution in [0.25, 0.3) is 0 Å². The quantitative estimate of drug-likeness (QED) is 0.835. The number of halogens is 2. The molecule has 7 heteroatoms. The average Bonchev–Trinajstić information content (AvgIpc) is 2.72. The molecule has 20 heavy (non-hydrogen) atoms. The van der Waals surface area contributed by atoms with Gasteiger partial charge in [0, 0.05) is 4.47 Å². The summed E-state index contributed by atoms with van der Waals surface area (Å²) in [5.74, 6) is -1.42. The topological polar surface area (TPSA) is 66.4 Å². The third-order valence-corrected chi connectivity index (χ3v) is 4.95. The van der Waals surface area contributed by atoms with E-state index in [0.717, 1.165) is 5.56 Å². The van der Waals surface area contributed by atoms with Crippen molar-refractivity contribution in [2.45, 2.75) is 6.92 Å². The van der Waals surface area contributed by atoms with Gasteiger partial charge in [0.25, 0.3) is 5.91 Å². The van der Waals surface area contributed by atoms with E-state index in [1.807, 2.05) is 6.92 Å². The molecule has 2 aromatic rings. The van der Waals surface area contributed by atoms with Gasteiger partial charge in [0.05, 0.1) is 16.3 Å². The van der Waals surface area contributed by atoms with E-state index in [1.54, 1.807) is 11.4 Å². The van der Waals surface area contributed by atoms with Gasteiger partial charge in [0.2, 0.25) is 0 Å². The minimum absolute atomic E-state index is 0.0944. The fraction of sp³-hybridized carbons (Fsp3) is 0.0769. The summed E-state index contributed by atoms with van der Waals surface area (Å²) in [6, 6.07) is 4.41. The number of aryl methyl sites for hydroxylation is 1. The van der Waals surface area contributed by atoms with E-state index in [4.69, 9.17) is 16.7 Å². The number of thiophene rings is 1. The summed E-state index contributed by atoms with van der Waals surface area (Å²) in [5.41, 5.74) is 1.31. The molecule has 0 aliphatic carbocycles. The Labute approximate surface area is 132 Å². The third-order valence-electron chi connectivity index (χ3n) is 2.57. The van der Waals surface area contributed by atoms with Crippen LogP contribution in [0.2, 0.25) is 5.02 Å². The molecule has 0 radical (unpaired) electrons. The summed E-state index contributed by atoms with van der Waals surface area (Å²) < 4.78 is 0.597. The van der Waals surface area contributed by atoms with Gasteiger partial charge in [0.15, 0.2) is 0 Å². The third kappa shape index (κ3) is 3.03. The van der Waals surface area contributed by atoms with Crippen LogP contribution in [0.15, 0.2) is 28.1 Å². The van der Waals surface area contributed by atoms with Gasteiger partial charge in [-0.1, -0.05) is 11.6 Å². The average molecular weight is 375 g/mol. The summed E-state index contributed by atoms with van der Waals surface area (Å²) in [5, 5.41) is 13.8. The van der Waals surface area contributed by atoms with Gasteiger partial charge in [-0.25, -0.2) is 4.79 Å². The standard InChI is InChI=1S/C13H9BrClNO3S/c1-6-5-20-11(10(6)15)12(17)16-9-4-7(13(18)19)2-3-8(9)14/h2-5H,1H3,(H,16,17)(H,18,19). The van der Waals surface area contributed by atoms with Gasteiger partial charge >= 0.3 is 5.97 Å². The molecule has 1 heterocycles. The Hall–Kier alpha value is -1.37. The van der Waals surface area contributed by atoms with Gasteiger partial charge in [-0.05, 0) is 52.0 Å². The van der Waals surface area contributed by atoms with Crippen LogP contribution in [-0.2, 0) is 0 Å². The number of nitrogens with one attached hydrogen (secondary N) is 1. The SMILES string of the molecule is Cc1csc(C(=O)Nc2cc(C(=O)O)ccc2Br)c1Cl. The van der Waals surface area contributed by atoms with Crippen molar-refractivity contribution in [2.75, 3.05) is 5.32 Å². The van der Waals surface area contributed by atoms with Crippen molar-refractivity contribution >= 4 is 56.4 Å². The number of amides is 1. The number of aromatic carboxylic acids is 1. The van der Waals surface area contributed by atoms with Crippen molar-refractivity contribution in [1.29, 1.82) is 0 Å². The van der Waals surface area contributed by atoms with E-state index in [-0.39, 0.29) is 11.5 Å². The zero-order valence-corrected chi connectivity index (χ0v) is 13.4. The molecule has 104 valence electrons. The molecule has 2 rings (SSSR count). The number of carbonyl (C=O) groups is 2. The Morgan fingerprint density at radius 2 is 2.10 bits per heavy atom. The van der Waals surface area contributed by atoms with Crippen molar-refractivity contribution in [2.24, 2.45) is 0 Å². The molecule has 1 aromatic carbocycles. The number of rotatable bonds is 3. The highest BCUT2D eigenvalue weighted by Gasteiger charge is 2.16.